The molecule has 0 saturated heterocycles. The Hall–Kier alpha value is -2.30. The van der Waals surface area contributed by atoms with E-state index in [2.05, 4.69) is 24.3 Å². The lowest BCUT2D eigenvalue weighted by Gasteiger charge is -2.14. The average molecular weight is 379 g/mol. The van der Waals surface area contributed by atoms with Crippen LogP contribution >= 0.6 is 0 Å². The number of hydrogen-bond donors (Lipinski definition) is 2. The molecule has 4 N–H and O–H groups in total. The van der Waals surface area contributed by atoms with Gasteiger partial charge >= 0.3 is 0 Å². The number of hydrogen-bond acceptors (Lipinski definition) is 4. The molecule has 0 spiro atoms. The fourth-order valence-electron chi connectivity index (χ4n) is 4.02. The van der Waals surface area contributed by atoms with Crippen LogP contribution in [-0.4, -0.2) is 24.7 Å². The van der Waals surface area contributed by atoms with Gasteiger partial charge in [-0.05, 0) is 85.8 Å². The predicted molar refractivity (Wildman–Crippen MR) is 113 cm³/mol. The Morgan fingerprint density at radius 2 is 1.04 bits per heavy atom. The normalized spacial score (nSPS) is 14.9. The van der Waals surface area contributed by atoms with Crippen LogP contribution in [0, 0.1) is 0 Å². The van der Waals surface area contributed by atoms with Crippen LogP contribution < -0.4 is 11.5 Å². The van der Waals surface area contributed by atoms with Gasteiger partial charge < -0.3 is 11.5 Å². The van der Waals surface area contributed by atoms with Gasteiger partial charge in [-0.15, -0.1) is 0 Å². The second-order valence-electron chi connectivity index (χ2n) is 7.65. The summed E-state index contributed by atoms with van der Waals surface area (Å²) in [5, 5.41) is 0. The summed E-state index contributed by atoms with van der Waals surface area (Å²) in [5.74, 6) is 0.0345. The first kappa shape index (κ1) is 20.4. The van der Waals surface area contributed by atoms with Gasteiger partial charge in [-0.25, -0.2) is 0 Å². The molecule has 0 aliphatic heterocycles. The van der Waals surface area contributed by atoms with Crippen LogP contribution in [-0.2, 0) is 25.7 Å². The zero-order chi connectivity index (χ0) is 19.9. The predicted octanol–water partition coefficient (Wildman–Crippen LogP) is 3.41. The summed E-state index contributed by atoms with van der Waals surface area (Å²) in [6, 6.07) is 12.6. The number of aryl methyl sites for hydroxylation is 4. The lowest BCUT2D eigenvalue weighted by molar-refractivity contribution is 0.0992. The first-order chi connectivity index (χ1) is 13.6. The minimum absolute atomic E-state index is 0.0173. The quantitative estimate of drug-likeness (QED) is 0.798. The average Bonchev–Trinajstić information content (AvgIpc) is 2.73. The van der Waals surface area contributed by atoms with Gasteiger partial charge in [0.15, 0.2) is 11.6 Å². The molecule has 4 aliphatic carbocycles. The van der Waals surface area contributed by atoms with E-state index >= 15 is 0 Å². The van der Waals surface area contributed by atoms with Gasteiger partial charge in [0.05, 0.1) is 13.1 Å². The number of benzene rings is 2. The third-order valence-electron chi connectivity index (χ3n) is 5.64. The number of Topliss-reactive ketones (excluding diaryl/α,β-unsaturated/α-hetero) is 2. The Balaban J connectivity index is 1.86. The Morgan fingerprint density at radius 3 is 1.43 bits per heavy atom. The zero-order valence-corrected chi connectivity index (χ0v) is 16.5. The fourth-order valence-corrected chi connectivity index (χ4v) is 4.02. The molecule has 0 radical (unpaired) electrons. The standard InChI is InChI=1S/C24H30N2O2/c25-15-23(27)21-13-17-5-1-2-6-18-10-12-20(22(14-18)24(28)16-26)8-4-3-7-19(21)11-9-17/h9-14H,1-8,15-16,25-26H2. The van der Waals surface area contributed by atoms with E-state index in [1.54, 1.807) is 0 Å². The molecular formula is C24H30N2O2. The van der Waals surface area contributed by atoms with Gasteiger partial charge in [-0.2, -0.15) is 0 Å². The molecule has 4 heteroatoms. The summed E-state index contributed by atoms with van der Waals surface area (Å²) < 4.78 is 0. The Bertz CT molecular complexity index is 786. The second-order valence-corrected chi connectivity index (χ2v) is 7.65. The maximum absolute atomic E-state index is 12.3. The molecule has 0 unspecified atom stereocenters. The molecule has 0 atom stereocenters. The van der Waals surface area contributed by atoms with Gasteiger partial charge in [-0.1, -0.05) is 24.3 Å². The molecule has 0 aromatic heterocycles. The van der Waals surface area contributed by atoms with E-state index in [0.717, 1.165) is 73.6 Å². The van der Waals surface area contributed by atoms with Gasteiger partial charge in [0, 0.05) is 11.1 Å². The van der Waals surface area contributed by atoms with E-state index in [1.165, 1.54) is 11.1 Å². The van der Waals surface area contributed by atoms with Gasteiger partial charge in [0.1, 0.15) is 0 Å². The van der Waals surface area contributed by atoms with Crippen molar-refractivity contribution < 1.29 is 9.59 Å². The van der Waals surface area contributed by atoms with Crippen LogP contribution in [0.25, 0.3) is 0 Å². The largest absolute Gasteiger partial charge is 0.324 e. The summed E-state index contributed by atoms with van der Waals surface area (Å²) in [5.41, 5.74) is 17.4. The highest BCUT2D eigenvalue weighted by atomic mass is 16.1. The van der Waals surface area contributed by atoms with Crippen molar-refractivity contribution in [2.75, 3.05) is 13.1 Å². The summed E-state index contributed by atoms with van der Waals surface area (Å²) in [6.45, 7) is 0.0969. The van der Waals surface area contributed by atoms with E-state index in [-0.39, 0.29) is 24.7 Å². The molecule has 2 aromatic rings. The number of nitrogens with two attached hydrogens (primary N) is 2. The fraction of sp³-hybridized carbons (Fsp3) is 0.417. The zero-order valence-electron chi connectivity index (χ0n) is 16.5. The molecule has 0 heterocycles. The Kier molecular flexibility index (Phi) is 7.12. The number of carbonyl (C=O) groups excluding carboxylic acids is 2. The van der Waals surface area contributed by atoms with E-state index in [4.69, 9.17) is 11.5 Å². The monoisotopic (exact) mass is 378 g/mol. The van der Waals surface area contributed by atoms with Gasteiger partial charge in [0.25, 0.3) is 0 Å². The van der Waals surface area contributed by atoms with Crippen LogP contribution in [0.4, 0.5) is 0 Å². The lowest BCUT2D eigenvalue weighted by atomic mass is 9.91. The molecule has 2 aromatic carbocycles. The van der Waals surface area contributed by atoms with E-state index in [1.807, 2.05) is 12.1 Å². The van der Waals surface area contributed by atoms with Crippen molar-refractivity contribution in [2.24, 2.45) is 11.5 Å². The summed E-state index contributed by atoms with van der Waals surface area (Å²) in [4.78, 5) is 24.6. The summed E-state index contributed by atoms with van der Waals surface area (Å²) in [6.07, 6.45) is 7.58. The van der Waals surface area contributed by atoms with Crippen molar-refractivity contribution in [1.29, 1.82) is 0 Å². The molecular weight excluding hydrogens is 348 g/mol. The number of carbonyl (C=O) groups is 2. The smallest absolute Gasteiger partial charge is 0.176 e. The molecule has 4 aliphatic rings. The highest BCUT2D eigenvalue weighted by Gasteiger charge is 2.14. The van der Waals surface area contributed by atoms with Crippen molar-refractivity contribution in [3.05, 3.63) is 69.8 Å². The minimum atomic E-state index is 0.0173. The Morgan fingerprint density at radius 1 is 0.643 bits per heavy atom. The molecule has 6 rings (SSSR count). The van der Waals surface area contributed by atoms with Crippen molar-refractivity contribution >= 4 is 11.6 Å². The maximum atomic E-state index is 12.3. The van der Waals surface area contributed by atoms with E-state index < -0.39 is 0 Å². The molecule has 28 heavy (non-hydrogen) atoms. The van der Waals surface area contributed by atoms with Crippen molar-refractivity contribution in [1.82, 2.24) is 0 Å². The third kappa shape index (κ3) is 4.94. The second kappa shape index (κ2) is 9.76. The highest BCUT2D eigenvalue weighted by Crippen LogP contribution is 2.21. The molecule has 0 saturated carbocycles. The topological polar surface area (TPSA) is 86.2 Å². The SMILES string of the molecule is NCC(=O)c1cc2ccc1CCCCc1ccc(cc1C(=O)CN)CCCC2. The van der Waals surface area contributed by atoms with Crippen LogP contribution in [0.5, 0.6) is 0 Å². The number of rotatable bonds is 4. The van der Waals surface area contributed by atoms with Crippen molar-refractivity contribution in [2.45, 2.75) is 51.4 Å². The third-order valence-corrected chi connectivity index (χ3v) is 5.64. The molecule has 148 valence electrons. The molecule has 4 bridgehead atoms. The summed E-state index contributed by atoms with van der Waals surface area (Å²) >= 11 is 0. The highest BCUT2D eigenvalue weighted by molar-refractivity contribution is 5.99. The molecule has 0 fully saturated rings. The van der Waals surface area contributed by atoms with Crippen LogP contribution in [0.1, 0.15) is 68.7 Å². The maximum Gasteiger partial charge on any atom is 0.176 e. The Labute approximate surface area is 167 Å². The van der Waals surface area contributed by atoms with Gasteiger partial charge in [-0.3, -0.25) is 9.59 Å². The van der Waals surface area contributed by atoms with Crippen LogP contribution in [0.3, 0.4) is 0 Å². The minimum Gasteiger partial charge on any atom is -0.324 e. The van der Waals surface area contributed by atoms with E-state index in [0.29, 0.717) is 0 Å². The molecule has 0 amide bonds. The first-order valence-electron chi connectivity index (χ1n) is 10.3. The molecule has 4 nitrogen and oxygen atoms in total. The van der Waals surface area contributed by atoms with Gasteiger partial charge in [0.2, 0.25) is 0 Å². The van der Waals surface area contributed by atoms with Crippen LogP contribution in [0.15, 0.2) is 36.4 Å². The van der Waals surface area contributed by atoms with Crippen LogP contribution in [0.2, 0.25) is 0 Å². The first-order valence-corrected chi connectivity index (χ1v) is 10.3. The number of ketones is 2. The lowest BCUT2D eigenvalue weighted by Crippen LogP contribution is -2.16. The summed E-state index contributed by atoms with van der Waals surface area (Å²) in [7, 11) is 0. The van der Waals surface area contributed by atoms with Crippen molar-refractivity contribution in [3.8, 4) is 0 Å². The van der Waals surface area contributed by atoms with Crippen molar-refractivity contribution in [3.63, 3.8) is 0 Å². The van der Waals surface area contributed by atoms with E-state index in [9.17, 15) is 9.59 Å².